The van der Waals surface area contributed by atoms with E-state index in [0.29, 0.717) is 11.3 Å². The molecule has 1 aliphatic rings. The predicted octanol–water partition coefficient (Wildman–Crippen LogP) is 3.30. The molecule has 0 spiro atoms. The van der Waals surface area contributed by atoms with Gasteiger partial charge in [-0.05, 0) is 61.7 Å². The highest BCUT2D eigenvalue weighted by Gasteiger charge is 2.27. The molecule has 0 bridgehead atoms. The minimum atomic E-state index is -0.476. The molecule has 0 aliphatic carbocycles. The lowest BCUT2D eigenvalue weighted by molar-refractivity contribution is 0.0206. The van der Waals surface area contributed by atoms with Crippen LogP contribution in [0, 0.1) is 0 Å². The fourth-order valence-corrected chi connectivity index (χ4v) is 3.12. The molecule has 1 saturated heterocycles. The Morgan fingerprint density at radius 2 is 2.21 bits per heavy atom. The van der Waals surface area contributed by atoms with E-state index in [0.717, 1.165) is 30.9 Å². The Bertz CT molecular complexity index is 740. The number of ether oxygens (including phenoxy) is 1. The second kappa shape index (κ2) is 6.58. The molecule has 1 atom stereocenters. The van der Waals surface area contributed by atoms with Gasteiger partial charge in [0.25, 0.3) is 0 Å². The Morgan fingerprint density at radius 3 is 2.96 bits per heavy atom. The highest BCUT2D eigenvalue weighted by Crippen LogP contribution is 2.20. The molecule has 1 aliphatic heterocycles. The number of carbonyl (C=O) groups is 1. The quantitative estimate of drug-likeness (QED) is 0.844. The standard InChI is InChI=1S/C16H22BrN5O2/c1-16(2,3)24-15(23)21-9-5-6-11(10-21)18-12-7-4-8-13-19-14(17)20-22(12)13/h4,7-8,11,18H,5-6,9-10H2,1-3H3. The first-order valence-electron chi connectivity index (χ1n) is 8.07. The highest BCUT2D eigenvalue weighted by atomic mass is 79.9. The van der Waals surface area contributed by atoms with Crippen LogP contribution in [-0.2, 0) is 4.74 Å². The normalized spacial score (nSPS) is 18.7. The lowest BCUT2D eigenvalue weighted by atomic mass is 10.1. The third-order valence-corrected chi connectivity index (χ3v) is 4.09. The maximum Gasteiger partial charge on any atom is 0.410 e. The fourth-order valence-electron chi connectivity index (χ4n) is 2.78. The van der Waals surface area contributed by atoms with Gasteiger partial charge in [0.1, 0.15) is 11.4 Å². The monoisotopic (exact) mass is 395 g/mol. The number of aromatic nitrogens is 3. The van der Waals surface area contributed by atoms with Crippen LogP contribution in [-0.4, -0.2) is 50.3 Å². The maximum atomic E-state index is 12.3. The number of halogens is 1. The van der Waals surface area contributed by atoms with Gasteiger partial charge in [-0.2, -0.15) is 4.52 Å². The van der Waals surface area contributed by atoms with Crippen LogP contribution >= 0.6 is 15.9 Å². The van der Waals surface area contributed by atoms with E-state index in [1.54, 1.807) is 9.42 Å². The van der Waals surface area contributed by atoms with Gasteiger partial charge in [0.05, 0.1) is 0 Å². The van der Waals surface area contributed by atoms with Gasteiger partial charge < -0.3 is 15.0 Å². The summed E-state index contributed by atoms with van der Waals surface area (Å²) in [5.74, 6) is 0.863. The van der Waals surface area contributed by atoms with Crippen LogP contribution in [0.3, 0.4) is 0 Å². The molecule has 8 heteroatoms. The Hall–Kier alpha value is -1.83. The van der Waals surface area contributed by atoms with E-state index in [2.05, 4.69) is 31.3 Å². The molecule has 7 nitrogen and oxygen atoms in total. The largest absolute Gasteiger partial charge is 0.444 e. The summed E-state index contributed by atoms with van der Waals surface area (Å²) >= 11 is 3.30. The van der Waals surface area contributed by atoms with Crippen LogP contribution in [0.1, 0.15) is 33.6 Å². The van der Waals surface area contributed by atoms with E-state index in [4.69, 9.17) is 4.74 Å². The molecule has 3 rings (SSSR count). The molecule has 2 aromatic heterocycles. The van der Waals surface area contributed by atoms with Crippen molar-refractivity contribution >= 4 is 33.5 Å². The van der Waals surface area contributed by atoms with Crippen molar-refractivity contribution in [2.24, 2.45) is 0 Å². The lowest BCUT2D eigenvalue weighted by Crippen LogP contribution is -2.47. The van der Waals surface area contributed by atoms with E-state index in [1.807, 2.05) is 39.0 Å². The van der Waals surface area contributed by atoms with Crippen LogP contribution in [0.5, 0.6) is 0 Å². The number of amides is 1. The average molecular weight is 396 g/mol. The summed E-state index contributed by atoms with van der Waals surface area (Å²) in [7, 11) is 0. The molecule has 0 radical (unpaired) electrons. The van der Waals surface area contributed by atoms with Gasteiger partial charge in [0.2, 0.25) is 4.73 Å². The van der Waals surface area contributed by atoms with Crippen molar-refractivity contribution in [2.75, 3.05) is 18.4 Å². The number of hydrogen-bond acceptors (Lipinski definition) is 5. The minimum Gasteiger partial charge on any atom is -0.444 e. The van der Waals surface area contributed by atoms with Crippen molar-refractivity contribution in [1.29, 1.82) is 0 Å². The first-order chi connectivity index (χ1) is 11.3. The van der Waals surface area contributed by atoms with Crippen molar-refractivity contribution < 1.29 is 9.53 Å². The number of rotatable bonds is 2. The van der Waals surface area contributed by atoms with E-state index in [1.165, 1.54) is 0 Å². The van der Waals surface area contributed by atoms with Crippen LogP contribution in [0.15, 0.2) is 22.9 Å². The van der Waals surface area contributed by atoms with Gasteiger partial charge in [-0.15, -0.1) is 5.10 Å². The van der Waals surface area contributed by atoms with Crippen molar-refractivity contribution in [3.05, 3.63) is 22.9 Å². The zero-order chi connectivity index (χ0) is 17.3. The maximum absolute atomic E-state index is 12.3. The number of hydrogen-bond donors (Lipinski definition) is 1. The van der Waals surface area contributed by atoms with Gasteiger partial charge in [0.15, 0.2) is 5.65 Å². The van der Waals surface area contributed by atoms with Crippen molar-refractivity contribution in [3.63, 3.8) is 0 Å². The van der Waals surface area contributed by atoms with Crippen LogP contribution in [0.4, 0.5) is 10.6 Å². The van der Waals surface area contributed by atoms with Gasteiger partial charge >= 0.3 is 6.09 Å². The number of anilines is 1. The zero-order valence-corrected chi connectivity index (χ0v) is 15.7. The average Bonchev–Trinajstić information content (AvgIpc) is 2.87. The lowest BCUT2D eigenvalue weighted by Gasteiger charge is -2.34. The van der Waals surface area contributed by atoms with Crippen LogP contribution in [0.25, 0.3) is 5.65 Å². The van der Waals surface area contributed by atoms with Crippen molar-refractivity contribution in [1.82, 2.24) is 19.5 Å². The molecule has 3 heterocycles. The molecule has 1 fully saturated rings. The Morgan fingerprint density at radius 1 is 1.42 bits per heavy atom. The first-order valence-corrected chi connectivity index (χ1v) is 8.87. The SMILES string of the molecule is CC(C)(C)OC(=O)N1CCCC(Nc2cccc3nc(Br)nn23)C1. The summed E-state index contributed by atoms with van der Waals surface area (Å²) in [6.45, 7) is 6.99. The van der Waals surface area contributed by atoms with E-state index < -0.39 is 5.60 Å². The third kappa shape index (κ3) is 3.98. The molecule has 1 amide bonds. The van der Waals surface area contributed by atoms with Crippen LogP contribution < -0.4 is 5.32 Å². The Balaban J connectivity index is 1.70. The summed E-state index contributed by atoms with van der Waals surface area (Å²) < 4.78 is 7.79. The number of likely N-dealkylation sites (tertiary alicyclic amines) is 1. The summed E-state index contributed by atoms with van der Waals surface area (Å²) in [5, 5.41) is 7.81. The van der Waals surface area contributed by atoms with E-state index >= 15 is 0 Å². The summed E-state index contributed by atoms with van der Waals surface area (Å²) in [6.07, 6.45) is 1.68. The molecule has 130 valence electrons. The van der Waals surface area contributed by atoms with Gasteiger partial charge in [-0.1, -0.05) is 6.07 Å². The molecular formula is C16H22BrN5O2. The Labute approximate surface area is 149 Å². The predicted molar refractivity (Wildman–Crippen MR) is 95.1 cm³/mol. The third-order valence-electron chi connectivity index (χ3n) is 3.76. The second-order valence-corrected chi connectivity index (χ2v) is 7.68. The topological polar surface area (TPSA) is 71.8 Å². The number of piperidine rings is 1. The van der Waals surface area contributed by atoms with E-state index in [9.17, 15) is 4.79 Å². The van der Waals surface area contributed by atoms with E-state index in [-0.39, 0.29) is 12.1 Å². The zero-order valence-electron chi connectivity index (χ0n) is 14.1. The summed E-state index contributed by atoms with van der Waals surface area (Å²) in [6, 6.07) is 5.95. The molecule has 0 saturated carbocycles. The molecular weight excluding hydrogens is 374 g/mol. The number of carbonyl (C=O) groups excluding carboxylic acids is 1. The van der Waals surface area contributed by atoms with Gasteiger partial charge in [-0.3, -0.25) is 0 Å². The number of nitrogens with one attached hydrogen (secondary N) is 1. The summed E-state index contributed by atoms with van der Waals surface area (Å²) in [5.41, 5.74) is 0.294. The van der Waals surface area contributed by atoms with Gasteiger partial charge in [0, 0.05) is 19.1 Å². The van der Waals surface area contributed by atoms with Gasteiger partial charge in [-0.25, -0.2) is 9.78 Å². The molecule has 1 unspecified atom stereocenters. The molecule has 0 aromatic carbocycles. The highest BCUT2D eigenvalue weighted by molar-refractivity contribution is 9.10. The molecule has 24 heavy (non-hydrogen) atoms. The minimum absolute atomic E-state index is 0.153. The molecule has 1 N–H and O–H groups in total. The fraction of sp³-hybridized carbons (Fsp3) is 0.562. The summed E-state index contributed by atoms with van der Waals surface area (Å²) in [4.78, 5) is 18.3. The molecule has 2 aromatic rings. The van der Waals surface area contributed by atoms with Crippen molar-refractivity contribution in [2.45, 2.75) is 45.3 Å². The van der Waals surface area contributed by atoms with Crippen molar-refractivity contribution in [3.8, 4) is 0 Å². The van der Waals surface area contributed by atoms with Crippen LogP contribution in [0.2, 0.25) is 0 Å². The number of nitrogens with zero attached hydrogens (tertiary/aromatic N) is 4. The number of fused-ring (bicyclic) bond motifs is 1. The number of pyridine rings is 1. The smallest absolute Gasteiger partial charge is 0.410 e. The Kier molecular flexibility index (Phi) is 4.67. The second-order valence-electron chi connectivity index (χ2n) is 6.97. The first kappa shape index (κ1) is 17.0.